The van der Waals surface area contributed by atoms with Crippen LogP contribution in [0.2, 0.25) is 0 Å². The maximum atomic E-state index is 10.6. The van der Waals surface area contributed by atoms with E-state index in [0.29, 0.717) is 17.1 Å². The molecule has 1 N–H and O–H groups in total. The molecule has 0 saturated heterocycles. The molecule has 0 saturated carbocycles. The topological polar surface area (TPSA) is 77.2 Å². The average molecular weight is 391 g/mol. The van der Waals surface area contributed by atoms with Crippen molar-refractivity contribution in [2.24, 2.45) is 0 Å². The van der Waals surface area contributed by atoms with Crippen LogP contribution in [0.25, 0.3) is 5.69 Å². The molecule has 2 rings (SSSR count). The molecule has 8 heteroatoms. The second kappa shape index (κ2) is 5.70. The molecule has 0 aliphatic carbocycles. The number of hydrogen-bond donors (Lipinski definition) is 1. The summed E-state index contributed by atoms with van der Waals surface area (Å²) in [7, 11) is 1.56. The van der Waals surface area contributed by atoms with Gasteiger partial charge in [0.2, 0.25) is 0 Å². The lowest BCUT2D eigenvalue weighted by atomic mass is 10.3. The average Bonchev–Trinajstić information content (AvgIpc) is 2.76. The number of carboxylic acid groups (broad SMARTS) is 1. The van der Waals surface area contributed by atoms with Gasteiger partial charge in [0, 0.05) is 10.5 Å². The number of carboxylic acids is 1. The lowest BCUT2D eigenvalue weighted by Gasteiger charge is -2.08. The minimum atomic E-state index is -0.945. The lowest BCUT2D eigenvalue weighted by Crippen LogP contribution is -2.00. The Kier molecular flexibility index (Phi) is 4.20. The molecule has 0 amide bonds. The molecule has 1 aromatic carbocycles. The highest BCUT2D eigenvalue weighted by Gasteiger charge is 2.12. The van der Waals surface area contributed by atoms with E-state index in [4.69, 9.17) is 9.84 Å². The zero-order valence-electron chi connectivity index (χ0n) is 9.80. The summed E-state index contributed by atoms with van der Waals surface area (Å²) in [5.41, 5.74) is 1.10. The molecule has 6 nitrogen and oxygen atoms in total. The summed E-state index contributed by atoms with van der Waals surface area (Å²) in [6.45, 7) is 0. The van der Waals surface area contributed by atoms with Gasteiger partial charge in [0.05, 0.1) is 35.6 Å². The molecule has 19 heavy (non-hydrogen) atoms. The summed E-state index contributed by atoms with van der Waals surface area (Å²) in [6, 6.07) is 3.60. The summed E-state index contributed by atoms with van der Waals surface area (Å²) >= 11 is 6.79. The smallest absolute Gasteiger partial charge is 0.309 e. The van der Waals surface area contributed by atoms with E-state index in [0.717, 1.165) is 8.95 Å². The van der Waals surface area contributed by atoms with Gasteiger partial charge in [-0.15, -0.1) is 5.10 Å². The summed E-state index contributed by atoms with van der Waals surface area (Å²) in [6.07, 6.45) is 1.41. The predicted octanol–water partition coefficient (Wildman–Crippen LogP) is 2.43. The number of halogens is 2. The van der Waals surface area contributed by atoms with Crippen LogP contribution in [0, 0.1) is 0 Å². The van der Waals surface area contributed by atoms with E-state index in [1.54, 1.807) is 19.4 Å². The van der Waals surface area contributed by atoms with Gasteiger partial charge in [0.1, 0.15) is 5.75 Å². The van der Waals surface area contributed by atoms with Crippen LogP contribution in [0.3, 0.4) is 0 Å². The molecule has 0 bridgehead atoms. The van der Waals surface area contributed by atoms with Gasteiger partial charge in [-0.25, -0.2) is 4.68 Å². The Bertz CT molecular complexity index is 628. The Hall–Kier alpha value is -1.41. The van der Waals surface area contributed by atoms with E-state index in [-0.39, 0.29) is 6.42 Å². The molecule has 0 atom stereocenters. The van der Waals surface area contributed by atoms with Crippen LogP contribution in [0.4, 0.5) is 0 Å². The van der Waals surface area contributed by atoms with Gasteiger partial charge >= 0.3 is 5.97 Å². The van der Waals surface area contributed by atoms with Gasteiger partial charge in [-0.2, -0.15) is 0 Å². The fourth-order valence-corrected chi connectivity index (χ4v) is 2.84. The highest BCUT2D eigenvalue weighted by molar-refractivity contribution is 9.11. The number of hydrogen-bond acceptors (Lipinski definition) is 4. The van der Waals surface area contributed by atoms with E-state index in [1.165, 1.54) is 4.68 Å². The van der Waals surface area contributed by atoms with Crippen molar-refractivity contribution in [3.63, 3.8) is 0 Å². The molecule has 0 spiro atoms. The first-order valence-electron chi connectivity index (χ1n) is 5.17. The second-order valence-electron chi connectivity index (χ2n) is 3.66. The van der Waals surface area contributed by atoms with Crippen LogP contribution in [-0.2, 0) is 11.2 Å². The Balaban J connectivity index is 2.41. The fraction of sp³-hybridized carbons (Fsp3) is 0.182. The van der Waals surface area contributed by atoms with Crippen molar-refractivity contribution in [1.29, 1.82) is 0 Å². The normalized spacial score (nSPS) is 10.5. The third-order valence-electron chi connectivity index (χ3n) is 2.34. The predicted molar refractivity (Wildman–Crippen MR) is 74.7 cm³/mol. The van der Waals surface area contributed by atoms with Crippen LogP contribution in [0.15, 0.2) is 27.3 Å². The molecule has 100 valence electrons. The number of benzene rings is 1. The minimum Gasteiger partial charge on any atom is -0.495 e. The third kappa shape index (κ3) is 3.13. The van der Waals surface area contributed by atoms with Gasteiger partial charge in [-0.3, -0.25) is 4.79 Å². The van der Waals surface area contributed by atoms with E-state index in [1.807, 2.05) is 6.07 Å². The van der Waals surface area contributed by atoms with Crippen LogP contribution in [0.1, 0.15) is 5.69 Å². The summed E-state index contributed by atoms with van der Waals surface area (Å²) in [4.78, 5) is 10.6. The maximum Gasteiger partial charge on any atom is 0.309 e. The highest BCUT2D eigenvalue weighted by atomic mass is 79.9. The lowest BCUT2D eigenvalue weighted by molar-refractivity contribution is -0.136. The van der Waals surface area contributed by atoms with Gasteiger partial charge in [0.15, 0.2) is 0 Å². The van der Waals surface area contributed by atoms with Crippen molar-refractivity contribution in [1.82, 2.24) is 15.0 Å². The second-order valence-corrected chi connectivity index (χ2v) is 5.37. The van der Waals surface area contributed by atoms with Crippen molar-refractivity contribution in [3.05, 3.63) is 33.0 Å². The molecular formula is C11H9Br2N3O3. The molecular weight excluding hydrogens is 382 g/mol. The quantitative estimate of drug-likeness (QED) is 0.867. The standard InChI is InChI=1S/C11H9Br2N3O3/c1-19-10-4-9(7(12)3-8(10)13)16-5-6(14-15-16)2-11(17)18/h3-5H,2H2,1H3,(H,17,18). The molecule has 0 aliphatic heterocycles. The maximum absolute atomic E-state index is 10.6. The molecule has 0 unspecified atom stereocenters. The molecule has 1 heterocycles. The monoisotopic (exact) mass is 389 g/mol. The fourth-order valence-electron chi connectivity index (χ4n) is 1.50. The number of ether oxygens (including phenoxy) is 1. The molecule has 0 aliphatic rings. The number of aliphatic carboxylic acids is 1. The van der Waals surface area contributed by atoms with Crippen molar-refractivity contribution in [2.45, 2.75) is 6.42 Å². The highest BCUT2D eigenvalue weighted by Crippen LogP contribution is 2.33. The number of aromatic nitrogens is 3. The Morgan fingerprint density at radius 3 is 2.79 bits per heavy atom. The van der Waals surface area contributed by atoms with Gasteiger partial charge in [0.25, 0.3) is 0 Å². The van der Waals surface area contributed by atoms with E-state index < -0.39 is 5.97 Å². The van der Waals surface area contributed by atoms with Gasteiger partial charge in [-0.1, -0.05) is 5.21 Å². The summed E-state index contributed by atoms with van der Waals surface area (Å²) < 4.78 is 8.29. The molecule has 2 aromatic rings. The van der Waals surface area contributed by atoms with Crippen molar-refractivity contribution >= 4 is 37.8 Å². The number of nitrogens with zero attached hydrogens (tertiary/aromatic N) is 3. The summed E-state index contributed by atoms with van der Waals surface area (Å²) in [5, 5.41) is 16.4. The largest absolute Gasteiger partial charge is 0.495 e. The Morgan fingerprint density at radius 2 is 2.16 bits per heavy atom. The molecule has 0 radical (unpaired) electrons. The van der Waals surface area contributed by atoms with Crippen molar-refractivity contribution in [2.75, 3.05) is 7.11 Å². The zero-order valence-corrected chi connectivity index (χ0v) is 13.0. The first-order chi connectivity index (χ1) is 9.01. The Morgan fingerprint density at radius 1 is 1.42 bits per heavy atom. The summed E-state index contributed by atoms with van der Waals surface area (Å²) in [5.74, 6) is -0.298. The van der Waals surface area contributed by atoms with Crippen LogP contribution < -0.4 is 4.74 Å². The number of carbonyl (C=O) groups is 1. The zero-order chi connectivity index (χ0) is 14.0. The molecule has 0 fully saturated rings. The van der Waals surface area contributed by atoms with Crippen molar-refractivity contribution in [3.8, 4) is 11.4 Å². The number of methoxy groups -OCH3 is 1. The first-order valence-corrected chi connectivity index (χ1v) is 6.76. The Labute approximate surface area is 125 Å². The van der Waals surface area contributed by atoms with E-state index in [2.05, 4.69) is 42.2 Å². The van der Waals surface area contributed by atoms with Crippen molar-refractivity contribution < 1.29 is 14.6 Å². The van der Waals surface area contributed by atoms with Crippen LogP contribution in [-0.4, -0.2) is 33.2 Å². The molecule has 1 aromatic heterocycles. The van der Waals surface area contributed by atoms with Gasteiger partial charge < -0.3 is 9.84 Å². The SMILES string of the molecule is COc1cc(-n2cc(CC(=O)O)nn2)c(Br)cc1Br. The van der Waals surface area contributed by atoms with Gasteiger partial charge in [-0.05, 0) is 37.9 Å². The van der Waals surface area contributed by atoms with E-state index in [9.17, 15) is 4.79 Å². The van der Waals surface area contributed by atoms with E-state index >= 15 is 0 Å². The van der Waals surface area contributed by atoms with Crippen LogP contribution >= 0.6 is 31.9 Å². The first kappa shape index (κ1) is 14.0. The number of rotatable bonds is 4. The van der Waals surface area contributed by atoms with Crippen LogP contribution in [0.5, 0.6) is 5.75 Å². The minimum absolute atomic E-state index is 0.161. The third-order valence-corrected chi connectivity index (χ3v) is 3.60.